The average molecular weight is 161 g/mol. The molecule has 12 heavy (non-hydrogen) atoms. The second kappa shape index (κ2) is 6.90. The van der Waals surface area contributed by atoms with Gasteiger partial charge in [-0.2, -0.15) is 0 Å². The van der Waals surface area contributed by atoms with E-state index in [9.17, 15) is 0 Å². The topological polar surface area (TPSA) is 0 Å². The van der Waals surface area contributed by atoms with E-state index < -0.39 is 0 Å². The monoisotopic (exact) mass is 161 g/mol. The molecule has 1 rings (SSSR count). The zero-order valence-corrected chi connectivity index (χ0v) is 7.63. The van der Waals surface area contributed by atoms with E-state index in [2.05, 4.69) is 36.5 Å². The molecule has 0 aliphatic heterocycles. The fourth-order valence-corrected chi connectivity index (χ4v) is 1.23. The molecular weight excluding hydrogens is 144 g/mol. The summed E-state index contributed by atoms with van der Waals surface area (Å²) in [7, 11) is 0. The van der Waals surface area contributed by atoms with Crippen molar-refractivity contribution < 1.29 is 0 Å². The molecule has 0 aromatic rings. The van der Waals surface area contributed by atoms with Crippen molar-refractivity contribution in [2.24, 2.45) is 0 Å². The van der Waals surface area contributed by atoms with Crippen LogP contribution in [0.1, 0.15) is 38.5 Å². The van der Waals surface area contributed by atoms with Crippen LogP contribution in [0.25, 0.3) is 0 Å². The summed E-state index contributed by atoms with van der Waals surface area (Å²) in [5.74, 6) is 0. The highest BCUT2D eigenvalue weighted by Gasteiger charge is 1.84. The van der Waals surface area contributed by atoms with Gasteiger partial charge in [-0.3, -0.25) is 0 Å². The Labute approximate surface area is 75.7 Å². The quantitative estimate of drug-likeness (QED) is 0.474. The van der Waals surface area contributed by atoms with E-state index in [0.717, 1.165) is 19.3 Å². The summed E-state index contributed by atoms with van der Waals surface area (Å²) < 4.78 is 0. The van der Waals surface area contributed by atoms with Gasteiger partial charge < -0.3 is 0 Å². The van der Waals surface area contributed by atoms with Crippen LogP contribution in [-0.2, 0) is 0 Å². The van der Waals surface area contributed by atoms with Crippen molar-refractivity contribution in [3.8, 4) is 0 Å². The lowest BCUT2D eigenvalue weighted by Crippen LogP contribution is -1.74. The van der Waals surface area contributed by atoms with Crippen molar-refractivity contribution in [1.82, 2.24) is 0 Å². The van der Waals surface area contributed by atoms with Gasteiger partial charge in [0.25, 0.3) is 0 Å². The Morgan fingerprint density at radius 1 is 0.833 bits per heavy atom. The number of hydrogen-bond acceptors (Lipinski definition) is 0. The summed E-state index contributed by atoms with van der Waals surface area (Å²) in [5.41, 5.74) is 0. The molecule has 65 valence electrons. The smallest absolute Gasteiger partial charge is 0.0163 e. The maximum Gasteiger partial charge on any atom is -0.0163 e. The molecule has 0 nitrogen and oxygen atoms in total. The van der Waals surface area contributed by atoms with Crippen molar-refractivity contribution in [3.05, 3.63) is 36.5 Å². The molecule has 0 atom stereocenters. The molecule has 0 N–H and O–H groups in total. The number of hydrogen-bond donors (Lipinski definition) is 0. The average Bonchev–Trinajstić information content (AvgIpc) is 2.05. The molecule has 0 fully saturated rings. The molecule has 0 aromatic heterocycles. The van der Waals surface area contributed by atoms with Crippen molar-refractivity contribution in [1.29, 1.82) is 0 Å². The van der Waals surface area contributed by atoms with Gasteiger partial charge in [0.1, 0.15) is 0 Å². The predicted octanol–water partition coefficient (Wildman–Crippen LogP) is 3.81. The molecule has 0 heterocycles. The highest BCUT2D eigenvalue weighted by Crippen LogP contribution is 2.03. The zero-order chi connectivity index (χ0) is 8.49. The third kappa shape index (κ3) is 4.95. The first-order chi connectivity index (χ1) is 6.00. The van der Waals surface area contributed by atoms with E-state index in [1.54, 1.807) is 0 Å². The number of allylic oxidation sites excluding steroid dienone is 6. The largest absolute Gasteiger partial charge is 0.0882 e. The van der Waals surface area contributed by atoms with Gasteiger partial charge in [0.2, 0.25) is 0 Å². The first-order valence-corrected chi connectivity index (χ1v) is 4.85. The minimum absolute atomic E-state index is 1.05. The van der Waals surface area contributed by atoms with Gasteiger partial charge in [0.05, 0.1) is 0 Å². The molecular formula is C12H17. The summed E-state index contributed by atoms with van der Waals surface area (Å²) in [6.45, 7) is 0. The van der Waals surface area contributed by atoms with Crippen LogP contribution in [-0.4, -0.2) is 0 Å². The minimum atomic E-state index is 1.05. The molecule has 0 saturated heterocycles. The molecule has 0 heteroatoms. The lowest BCUT2D eigenvalue weighted by Gasteiger charge is -1.93. The third-order valence-electron chi connectivity index (χ3n) is 1.95. The summed E-state index contributed by atoms with van der Waals surface area (Å²) in [5, 5.41) is 0. The second-order valence-corrected chi connectivity index (χ2v) is 3.07. The van der Waals surface area contributed by atoms with Gasteiger partial charge in [-0.05, 0) is 44.6 Å². The molecule has 1 aliphatic carbocycles. The van der Waals surface area contributed by atoms with E-state index in [4.69, 9.17) is 0 Å². The minimum Gasteiger partial charge on any atom is -0.0882 e. The van der Waals surface area contributed by atoms with Gasteiger partial charge in [0.15, 0.2) is 0 Å². The SMILES string of the molecule is [C]1=CCC=CCC=CCCCC1. The molecule has 1 radical (unpaired) electrons. The van der Waals surface area contributed by atoms with E-state index in [-0.39, 0.29) is 0 Å². The normalized spacial score (nSPS) is 20.0. The van der Waals surface area contributed by atoms with Crippen LogP contribution < -0.4 is 0 Å². The fourth-order valence-electron chi connectivity index (χ4n) is 1.23. The number of rotatable bonds is 0. The maximum absolute atomic E-state index is 3.30. The van der Waals surface area contributed by atoms with Gasteiger partial charge in [-0.1, -0.05) is 30.4 Å². The summed E-state index contributed by atoms with van der Waals surface area (Å²) >= 11 is 0. The Morgan fingerprint density at radius 3 is 2.67 bits per heavy atom. The van der Waals surface area contributed by atoms with Crippen LogP contribution >= 0.6 is 0 Å². The van der Waals surface area contributed by atoms with Gasteiger partial charge in [-0.15, -0.1) is 0 Å². The second-order valence-electron chi connectivity index (χ2n) is 3.07. The van der Waals surface area contributed by atoms with Crippen LogP contribution in [0.3, 0.4) is 0 Å². The van der Waals surface area contributed by atoms with E-state index in [0.29, 0.717) is 0 Å². The Balaban J connectivity index is 2.31. The Bertz CT molecular complexity index is 152. The van der Waals surface area contributed by atoms with Crippen molar-refractivity contribution >= 4 is 0 Å². The maximum atomic E-state index is 3.30. The predicted molar refractivity (Wildman–Crippen MR) is 53.8 cm³/mol. The first-order valence-electron chi connectivity index (χ1n) is 4.85. The molecule has 0 unspecified atom stereocenters. The van der Waals surface area contributed by atoms with Crippen LogP contribution in [0.15, 0.2) is 30.4 Å². The molecule has 0 saturated carbocycles. The van der Waals surface area contributed by atoms with Crippen LogP contribution in [0.5, 0.6) is 0 Å². The van der Waals surface area contributed by atoms with Gasteiger partial charge >= 0.3 is 0 Å². The van der Waals surface area contributed by atoms with Gasteiger partial charge in [-0.25, -0.2) is 0 Å². The summed E-state index contributed by atoms with van der Waals surface area (Å²) in [4.78, 5) is 0. The first kappa shape index (κ1) is 9.31. The zero-order valence-electron chi connectivity index (χ0n) is 7.63. The van der Waals surface area contributed by atoms with E-state index in [1.807, 2.05) is 0 Å². The van der Waals surface area contributed by atoms with E-state index in [1.165, 1.54) is 19.3 Å². The van der Waals surface area contributed by atoms with Crippen molar-refractivity contribution in [2.45, 2.75) is 38.5 Å². The lowest BCUT2D eigenvalue weighted by molar-refractivity contribution is 0.751. The van der Waals surface area contributed by atoms with Crippen LogP contribution in [0.4, 0.5) is 0 Å². The Morgan fingerprint density at radius 2 is 1.67 bits per heavy atom. The highest BCUT2D eigenvalue weighted by molar-refractivity contribution is 4.96. The van der Waals surface area contributed by atoms with E-state index >= 15 is 0 Å². The standard InChI is InChI=1S/C12H17/c1-2-4-6-8-10-12-11-9-7-5-3-1/h1-2,5-7H,3-4,9-12H2. The Kier molecular flexibility index (Phi) is 5.35. The summed E-state index contributed by atoms with van der Waals surface area (Å²) in [6.07, 6.45) is 21.5. The molecule has 0 amide bonds. The fraction of sp³-hybridized carbons (Fsp3) is 0.500. The molecule has 0 bridgehead atoms. The lowest BCUT2D eigenvalue weighted by atomic mass is 10.1. The summed E-state index contributed by atoms with van der Waals surface area (Å²) in [6, 6.07) is 0. The third-order valence-corrected chi connectivity index (χ3v) is 1.95. The van der Waals surface area contributed by atoms with Crippen molar-refractivity contribution in [3.63, 3.8) is 0 Å². The molecule has 1 aliphatic rings. The highest BCUT2D eigenvalue weighted by atomic mass is 13.9. The van der Waals surface area contributed by atoms with Crippen LogP contribution in [0.2, 0.25) is 0 Å². The van der Waals surface area contributed by atoms with Crippen LogP contribution in [0, 0.1) is 6.08 Å². The van der Waals surface area contributed by atoms with Crippen molar-refractivity contribution in [2.75, 3.05) is 0 Å². The molecule has 0 aromatic carbocycles. The van der Waals surface area contributed by atoms with Gasteiger partial charge in [0, 0.05) is 0 Å². The Hall–Kier alpha value is -0.780. The molecule has 0 spiro atoms.